The molecule has 4 rings (SSSR count). The summed E-state index contributed by atoms with van der Waals surface area (Å²) in [5.41, 5.74) is 0.937. The van der Waals surface area contributed by atoms with E-state index in [4.69, 9.17) is 4.74 Å². The zero-order valence-electron chi connectivity index (χ0n) is 17.9. The number of ether oxygens (including phenoxy) is 1. The van der Waals surface area contributed by atoms with Gasteiger partial charge in [0.15, 0.2) is 6.61 Å². The van der Waals surface area contributed by atoms with Crippen LogP contribution in [0.1, 0.15) is 25.7 Å². The topological polar surface area (TPSA) is 78.9 Å². The zero-order chi connectivity index (χ0) is 22.6. The molecule has 2 fully saturated rings. The van der Waals surface area contributed by atoms with E-state index in [9.17, 15) is 17.6 Å². The van der Waals surface area contributed by atoms with Gasteiger partial charge in [0.05, 0.1) is 4.90 Å². The van der Waals surface area contributed by atoms with E-state index in [1.165, 1.54) is 24.3 Å². The molecule has 2 aliphatic rings. The van der Waals surface area contributed by atoms with E-state index in [1.54, 1.807) is 29.2 Å². The van der Waals surface area contributed by atoms with Crippen LogP contribution >= 0.6 is 0 Å². The second-order valence-electron chi connectivity index (χ2n) is 8.21. The van der Waals surface area contributed by atoms with E-state index in [0.29, 0.717) is 31.9 Å². The Morgan fingerprint density at radius 1 is 0.969 bits per heavy atom. The number of benzene rings is 2. The van der Waals surface area contributed by atoms with E-state index in [0.717, 1.165) is 31.4 Å². The Bertz CT molecular complexity index is 1010. The van der Waals surface area contributed by atoms with Gasteiger partial charge in [-0.05, 0) is 61.4 Å². The van der Waals surface area contributed by atoms with Gasteiger partial charge in [-0.3, -0.25) is 4.79 Å². The molecule has 0 spiro atoms. The highest BCUT2D eigenvalue weighted by molar-refractivity contribution is 7.89. The quantitative estimate of drug-likeness (QED) is 0.686. The van der Waals surface area contributed by atoms with E-state index >= 15 is 0 Å². The fourth-order valence-corrected chi connectivity index (χ4v) is 5.45. The lowest BCUT2D eigenvalue weighted by atomic mass is 10.2. The first-order chi connectivity index (χ1) is 15.4. The van der Waals surface area contributed by atoms with Gasteiger partial charge in [-0.2, -0.15) is 0 Å². The van der Waals surface area contributed by atoms with Crippen molar-refractivity contribution in [3.05, 3.63) is 54.3 Å². The lowest BCUT2D eigenvalue weighted by Gasteiger charge is -2.36. The van der Waals surface area contributed by atoms with Gasteiger partial charge in [0.1, 0.15) is 11.6 Å². The Balaban J connectivity index is 1.25. The molecule has 2 aromatic rings. The van der Waals surface area contributed by atoms with Crippen LogP contribution in [0.4, 0.5) is 10.1 Å². The molecule has 1 saturated heterocycles. The van der Waals surface area contributed by atoms with Crippen molar-refractivity contribution in [1.82, 2.24) is 9.62 Å². The molecule has 0 unspecified atom stereocenters. The summed E-state index contributed by atoms with van der Waals surface area (Å²) in [5, 5.41) is 0. The van der Waals surface area contributed by atoms with Crippen LogP contribution in [0, 0.1) is 5.82 Å². The van der Waals surface area contributed by atoms with Crippen molar-refractivity contribution in [2.45, 2.75) is 36.6 Å². The fraction of sp³-hybridized carbons (Fsp3) is 0.435. The van der Waals surface area contributed by atoms with Crippen LogP contribution in [0.2, 0.25) is 0 Å². The van der Waals surface area contributed by atoms with Crippen molar-refractivity contribution in [3.8, 4) is 5.75 Å². The second-order valence-corrected chi connectivity index (χ2v) is 9.92. The van der Waals surface area contributed by atoms with Crippen LogP contribution in [-0.4, -0.2) is 58.1 Å². The summed E-state index contributed by atoms with van der Waals surface area (Å²) < 4.78 is 46.4. The molecular formula is C23H28FN3O4S. The maximum atomic E-state index is 13.1. The number of carbonyl (C=O) groups excluding carboxylic acids is 1. The van der Waals surface area contributed by atoms with Gasteiger partial charge < -0.3 is 14.5 Å². The highest BCUT2D eigenvalue weighted by atomic mass is 32.2. The average molecular weight is 462 g/mol. The summed E-state index contributed by atoms with van der Waals surface area (Å²) in [4.78, 5) is 16.6. The molecule has 7 nitrogen and oxygen atoms in total. The number of nitrogens with one attached hydrogen (secondary N) is 1. The van der Waals surface area contributed by atoms with Gasteiger partial charge in [0, 0.05) is 37.9 Å². The number of halogens is 1. The molecule has 0 bridgehead atoms. The Morgan fingerprint density at radius 3 is 2.22 bits per heavy atom. The molecular weight excluding hydrogens is 433 g/mol. The third kappa shape index (κ3) is 5.58. The molecule has 1 aliphatic carbocycles. The van der Waals surface area contributed by atoms with Crippen LogP contribution in [0.25, 0.3) is 0 Å². The molecule has 32 heavy (non-hydrogen) atoms. The highest BCUT2D eigenvalue weighted by Crippen LogP contribution is 2.22. The first-order valence-corrected chi connectivity index (χ1v) is 12.4. The van der Waals surface area contributed by atoms with Gasteiger partial charge >= 0.3 is 0 Å². The van der Waals surface area contributed by atoms with E-state index in [2.05, 4.69) is 9.62 Å². The molecule has 2 aromatic carbocycles. The summed E-state index contributed by atoms with van der Waals surface area (Å²) in [6.07, 6.45) is 3.85. The minimum absolute atomic E-state index is 0.0112. The number of amides is 1. The number of rotatable bonds is 7. The average Bonchev–Trinajstić information content (AvgIpc) is 3.31. The summed E-state index contributed by atoms with van der Waals surface area (Å²) in [6, 6.07) is 12.5. The van der Waals surface area contributed by atoms with Crippen LogP contribution in [0.5, 0.6) is 5.75 Å². The maximum Gasteiger partial charge on any atom is 0.260 e. The van der Waals surface area contributed by atoms with E-state index < -0.39 is 10.0 Å². The minimum Gasteiger partial charge on any atom is -0.484 e. The number of sulfonamides is 1. The fourth-order valence-electron chi connectivity index (χ4n) is 4.15. The molecule has 9 heteroatoms. The van der Waals surface area contributed by atoms with Crippen molar-refractivity contribution < 1.29 is 22.3 Å². The number of anilines is 1. The van der Waals surface area contributed by atoms with Crippen molar-refractivity contribution in [2.75, 3.05) is 37.7 Å². The second kappa shape index (κ2) is 9.87. The van der Waals surface area contributed by atoms with Crippen molar-refractivity contribution in [3.63, 3.8) is 0 Å². The summed E-state index contributed by atoms with van der Waals surface area (Å²) in [7, 11) is -3.55. The minimum atomic E-state index is -3.55. The smallest absolute Gasteiger partial charge is 0.260 e. The molecule has 1 saturated carbocycles. The third-order valence-electron chi connectivity index (χ3n) is 6.00. The van der Waals surface area contributed by atoms with Crippen molar-refractivity contribution >= 4 is 21.6 Å². The van der Waals surface area contributed by atoms with Crippen molar-refractivity contribution in [1.29, 1.82) is 0 Å². The van der Waals surface area contributed by atoms with Gasteiger partial charge in [0.2, 0.25) is 10.0 Å². The van der Waals surface area contributed by atoms with Crippen LogP contribution in [0.15, 0.2) is 53.4 Å². The third-order valence-corrected chi connectivity index (χ3v) is 7.53. The van der Waals surface area contributed by atoms with Gasteiger partial charge in [-0.15, -0.1) is 0 Å². The lowest BCUT2D eigenvalue weighted by Crippen LogP contribution is -2.50. The van der Waals surface area contributed by atoms with Crippen LogP contribution < -0.4 is 14.4 Å². The van der Waals surface area contributed by atoms with E-state index in [1.807, 2.05) is 0 Å². The first kappa shape index (κ1) is 22.5. The molecule has 172 valence electrons. The largest absolute Gasteiger partial charge is 0.484 e. The lowest BCUT2D eigenvalue weighted by molar-refractivity contribution is -0.133. The SMILES string of the molecule is O=C(COc1ccc(S(=O)(=O)NC2CCCC2)cc1)N1CCN(c2ccc(F)cc2)CC1. The van der Waals surface area contributed by atoms with Crippen LogP contribution in [0.3, 0.4) is 0 Å². The predicted molar refractivity (Wildman–Crippen MR) is 120 cm³/mol. The van der Waals surface area contributed by atoms with Crippen LogP contribution in [-0.2, 0) is 14.8 Å². The molecule has 1 heterocycles. The van der Waals surface area contributed by atoms with Gasteiger partial charge in [-0.1, -0.05) is 12.8 Å². The summed E-state index contributed by atoms with van der Waals surface area (Å²) >= 11 is 0. The molecule has 0 radical (unpaired) electrons. The Kier molecular flexibility index (Phi) is 6.95. The number of nitrogens with zero attached hydrogens (tertiary/aromatic N) is 2. The number of piperazine rings is 1. The number of hydrogen-bond acceptors (Lipinski definition) is 5. The molecule has 1 amide bonds. The maximum absolute atomic E-state index is 13.1. The summed E-state index contributed by atoms with van der Waals surface area (Å²) in [5.74, 6) is 0.0573. The molecule has 1 N–H and O–H groups in total. The Labute approximate surface area is 188 Å². The molecule has 0 atom stereocenters. The molecule has 0 aromatic heterocycles. The predicted octanol–water partition coefficient (Wildman–Crippen LogP) is 2.77. The Hall–Kier alpha value is -2.65. The van der Waals surface area contributed by atoms with Crippen molar-refractivity contribution in [2.24, 2.45) is 0 Å². The van der Waals surface area contributed by atoms with Gasteiger partial charge in [0.25, 0.3) is 5.91 Å². The van der Waals surface area contributed by atoms with Gasteiger partial charge in [-0.25, -0.2) is 17.5 Å². The number of hydrogen-bond donors (Lipinski definition) is 1. The molecule has 1 aliphatic heterocycles. The summed E-state index contributed by atoms with van der Waals surface area (Å²) in [6.45, 7) is 2.34. The first-order valence-electron chi connectivity index (χ1n) is 10.9. The highest BCUT2D eigenvalue weighted by Gasteiger charge is 2.24. The monoisotopic (exact) mass is 461 g/mol. The number of carbonyl (C=O) groups is 1. The van der Waals surface area contributed by atoms with E-state index in [-0.39, 0.29) is 29.3 Å². The standard InChI is InChI=1S/C23H28FN3O4S/c24-18-5-7-20(8-6-18)26-13-15-27(16-14-26)23(28)17-31-21-9-11-22(12-10-21)32(29,30)25-19-3-1-2-4-19/h5-12,19,25H,1-4,13-17H2. The zero-order valence-corrected chi connectivity index (χ0v) is 18.7. The Morgan fingerprint density at radius 2 is 1.59 bits per heavy atom. The normalized spacial score (nSPS) is 17.5.